The molecule has 20 heavy (non-hydrogen) atoms. The molecule has 0 aliphatic carbocycles. The van der Waals surface area contributed by atoms with Gasteiger partial charge in [0.2, 0.25) is 5.75 Å². The molecule has 2 rings (SSSR count). The molecule has 1 amide bonds. The fourth-order valence-electron chi connectivity index (χ4n) is 1.77. The van der Waals surface area contributed by atoms with E-state index in [1.807, 2.05) is 6.92 Å². The number of carbonyl (C=O) groups excluding carboxylic acids is 1. The molecular weight excluding hydrogens is 284 g/mol. The summed E-state index contributed by atoms with van der Waals surface area (Å²) in [5.74, 6) is 1.34. The number of nitrogens with one attached hydrogen (secondary N) is 1. The first kappa shape index (κ1) is 16.4. The van der Waals surface area contributed by atoms with Gasteiger partial charge < -0.3 is 25.3 Å². The number of halogens is 1. The Kier molecular flexibility index (Phi) is 5.91. The first-order chi connectivity index (χ1) is 9.15. The highest BCUT2D eigenvalue weighted by Gasteiger charge is 2.21. The summed E-state index contributed by atoms with van der Waals surface area (Å²) in [7, 11) is 1.53. The Morgan fingerprint density at radius 3 is 2.80 bits per heavy atom. The van der Waals surface area contributed by atoms with Crippen molar-refractivity contribution in [1.82, 2.24) is 5.32 Å². The lowest BCUT2D eigenvalue weighted by Crippen LogP contribution is -2.37. The number of rotatable bonds is 4. The fourth-order valence-corrected chi connectivity index (χ4v) is 1.77. The Bertz CT molecular complexity index is 464. The molecule has 0 fully saturated rings. The number of fused-ring (bicyclic) bond motifs is 1. The number of amides is 1. The van der Waals surface area contributed by atoms with Crippen LogP contribution < -0.4 is 25.3 Å². The summed E-state index contributed by atoms with van der Waals surface area (Å²) >= 11 is 0. The van der Waals surface area contributed by atoms with Crippen molar-refractivity contribution in [3.8, 4) is 17.2 Å². The second-order valence-corrected chi connectivity index (χ2v) is 4.31. The van der Waals surface area contributed by atoms with Gasteiger partial charge in [0.25, 0.3) is 5.91 Å². The number of hydrogen-bond acceptors (Lipinski definition) is 5. The van der Waals surface area contributed by atoms with E-state index in [-0.39, 0.29) is 24.4 Å². The summed E-state index contributed by atoms with van der Waals surface area (Å²) < 4.78 is 16.2. The molecule has 0 radical (unpaired) electrons. The molecule has 1 aliphatic heterocycles. The lowest BCUT2D eigenvalue weighted by Gasteiger charge is -2.21. The van der Waals surface area contributed by atoms with Gasteiger partial charge in [-0.2, -0.15) is 0 Å². The molecule has 3 N–H and O–H groups in total. The van der Waals surface area contributed by atoms with Crippen LogP contribution in [-0.4, -0.2) is 38.8 Å². The van der Waals surface area contributed by atoms with Crippen LogP contribution >= 0.6 is 12.4 Å². The van der Waals surface area contributed by atoms with Crippen molar-refractivity contribution in [2.24, 2.45) is 5.73 Å². The van der Waals surface area contributed by atoms with Gasteiger partial charge in [-0.05, 0) is 19.1 Å². The van der Waals surface area contributed by atoms with Gasteiger partial charge in [0.15, 0.2) is 11.5 Å². The van der Waals surface area contributed by atoms with E-state index in [4.69, 9.17) is 19.9 Å². The van der Waals surface area contributed by atoms with E-state index < -0.39 is 0 Å². The minimum Gasteiger partial charge on any atom is -0.493 e. The predicted octanol–water partition coefficient (Wildman–Crippen LogP) is 0.965. The lowest BCUT2D eigenvalue weighted by atomic mass is 10.1. The Balaban J connectivity index is 0.00000200. The van der Waals surface area contributed by atoms with E-state index in [1.54, 1.807) is 12.1 Å². The third kappa shape index (κ3) is 3.46. The zero-order valence-corrected chi connectivity index (χ0v) is 12.3. The van der Waals surface area contributed by atoms with Crippen molar-refractivity contribution in [2.45, 2.75) is 13.0 Å². The topological polar surface area (TPSA) is 82.8 Å². The Hall–Kier alpha value is -1.66. The molecule has 1 aromatic rings. The first-order valence-electron chi connectivity index (χ1n) is 6.14. The Morgan fingerprint density at radius 2 is 2.15 bits per heavy atom. The standard InChI is InChI=1S/C13H18N2O4.ClH/c1-8(7-14)15-13(16)9-5-10(17-2)12-11(6-9)18-3-4-19-12;/h5-6,8H,3-4,7,14H2,1-2H3,(H,15,16);1H/t8-;/m0./s1. The largest absolute Gasteiger partial charge is 0.493 e. The molecular formula is C13H19ClN2O4. The van der Waals surface area contributed by atoms with Crippen molar-refractivity contribution in [1.29, 1.82) is 0 Å². The monoisotopic (exact) mass is 302 g/mol. The number of carbonyl (C=O) groups is 1. The fraction of sp³-hybridized carbons (Fsp3) is 0.462. The van der Waals surface area contributed by atoms with Crippen molar-refractivity contribution >= 4 is 18.3 Å². The molecule has 112 valence electrons. The normalized spacial score (nSPS) is 13.9. The van der Waals surface area contributed by atoms with Crippen LogP contribution in [0, 0.1) is 0 Å². The molecule has 1 heterocycles. The molecule has 0 spiro atoms. The average Bonchev–Trinajstić information content (AvgIpc) is 2.45. The molecule has 1 atom stereocenters. The van der Waals surface area contributed by atoms with Crippen molar-refractivity contribution in [3.63, 3.8) is 0 Å². The van der Waals surface area contributed by atoms with Crippen LogP contribution in [0.25, 0.3) is 0 Å². The zero-order chi connectivity index (χ0) is 13.8. The third-order valence-electron chi connectivity index (χ3n) is 2.82. The maximum atomic E-state index is 12.0. The third-order valence-corrected chi connectivity index (χ3v) is 2.82. The number of ether oxygens (including phenoxy) is 3. The van der Waals surface area contributed by atoms with E-state index in [1.165, 1.54) is 7.11 Å². The number of hydrogen-bond donors (Lipinski definition) is 2. The first-order valence-corrected chi connectivity index (χ1v) is 6.14. The van der Waals surface area contributed by atoms with Crippen LogP contribution in [0.1, 0.15) is 17.3 Å². The van der Waals surface area contributed by atoms with Crippen LogP contribution in [0.15, 0.2) is 12.1 Å². The highest BCUT2D eigenvalue weighted by molar-refractivity contribution is 5.95. The van der Waals surface area contributed by atoms with Crippen LogP contribution in [0.3, 0.4) is 0 Å². The molecule has 0 bridgehead atoms. The van der Waals surface area contributed by atoms with Gasteiger partial charge in [-0.25, -0.2) is 0 Å². The van der Waals surface area contributed by atoms with E-state index in [2.05, 4.69) is 5.32 Å². The van der Waals surface area contributed by atoms with Gasteiger partial charge in [-0.1, -0.05) is 0 Å². The zero-order valence-electron chi connectivity index (χ0n) is 11.5. The second-order valence-electron chi connectivity index (χ2n) is 4.31. The van der Waals surface area contributed by atoms with Crippen LogP contribution in [0.5, 0.6) is 17.2 Å². The molecule has 1 aromatic carbocycles. The maximum absolute atomic E-state index is 12.0. The maximum Gasteiger partial charge on any atom is 0.251 e. The minimum absolute atomic E-state index is 0. The average molecular weight is 303 g/mol. The summed E-state index contributed by atoms with van der Waals surface area (Å²) in [6.45, 7) is 3.15. The summed E-state index contributed by atoms with van der Waals surface area (Å²) in [4.78, 5) is 12.0. The SMILES string of the molecule is COc1cc(C(=O)N[C@@H](C)CN)cc2c1OCCO2.Cl. The van der Waals surface area contributed by atoms with Crippen LogP contribution in [-0.2, 0) is 0 Å². The predicted molar refractivity (Wildman–Crippen MR) is 77.2 cm³/mol. The molecule has 6 nitrogen and oxygen atoms in total. The Labute approximate surface area is 124 Å². The summed E-state index contributed by atoms with van der Waals surface area (Å²) in [6, 6.07) is 3.19. The summed E-state index contributed by atoms with van der Waals surface area (Å²) in [6.07, 6.45) is 0. The number of methoxy groups -OCH3 is 1. The van der Waals surface area contributed by atoms with Gasteiger partial charge in [0.05, 0.1) is 7.11 Å². The number of nitrogens with two attached hydrogens (primary N) is 1. The minimum atomic E-state index is -0.215. The lowest BCUT2D eigenvalue weighted by molar-refractivity contribution is 0.0939. The second kappa shape index (κ2) is 7.21. The number of benzene rings is 1. The van der Waals surface area contributed by atoms with Gasteiger partial charge in [0.1, 0.15) is 13.2 Å². The highest BCUT2D eigenvalue weighted by atomic mass is 35.5. The van der Waals surface area contributed by atoms with Gasteiger partial charge in [-0.15, -0.1) is 12.4 Å². The van der Waals surface area contributed by atoms with Crippen molar-refractivity contribution in [3.05, 3.63) is 17.7 Å². The summed E-state index contributed by atoms with van der Waals surface area (Å²) in [5.41, 5.74) is 5.94. The molecule has 0 aromatic heterocycles. The van der Waals surface area contributed by atoms with Crippen LogP contribution in [0.4, 0.5) is 0 Å². The van der Waals surface area contributed by atoms with Gasteiger partial charge in [-0.3, -0.25) is 4.79 Å². The quantitative estimate of drug-likeness (QED) is 0.866. The van der Waals surface area contributed by atoms with Crippen LogP contribution in [0.2, 0.25) is 0 Å². The molecule has 0 unspecified atom stereocenters. The van der Waals surface area contributed by atoms with Gasteiger partial charge >= 0.3 is 0 Å². The molecule has 1 aliphatic rings. The van der Waals surface area contributed by atoms with E-state index in [0.29, 0.717) is 42.6 Å². The Morgan fingerprint density at radius 1 is 1.45 bits per heavy atom. The summed E-state index contributed by atoms with van der Waals surface area (Å²) in [5, 5.41) is 2.79. The van der Waals surface area contributed by atoms with Gasteiger partial charge in [0, 0.05) is 18.2 Å². The highest BCUT2D eigenvalue weighted by Crippen LogP contribution is 2.40. The molecule has 7 heteroatoms. The molecule has 0 saturated heterocycles. The van der Waals surface area contributed by atoms with E-state index in [9.17, 15) is 4.79 Å². The van der Waals surface area contributed by atoms with E-state index in [0.717, 1.165) is 0 Å². The van der Waals surface area contributed by atoms with E-state index >= 15 is 0 Å². The molecule has 0 saturated carbocycles. The van der Waals surface area contributed by atoms with Crippen molar-refractivity contribution in [2.75, 3.05) is 26.9 Å². The van der Waals surface area contributed by atoms with Crippen molar-refractivity contribution < 1.29 is 19.0 Å². The smallest absolute Gasteiger partial charge is 0.251 e.